The van der Waals surface area contributed by atoms with Crippen molar-refractivity contribution in [2.75, 3.05) is 27.2 Å². The summed E-state index contributed by atoms with van der Waals surface area (Å²) in [6, 6.07) is 0. The highest BCUT2D eigenvalue weighted by atomic mass is 16.3. The Hall–Kier alpha value is -0.610. The quantitative estimate of drug-likeness (QED) is 0.596. The van der Waals surface area contributed by atoms with E-state index >= 15 is 0 Å². The molecule has 2 N–H and O–H groups in total. The summed E-state index contributed by atoms with van der Waals surface area (Å²) in [4.78, 5) is 12.8. The van der Waals surface area contributed by atoms with E-state index < -0.39 is 0 Å². The molecule has 1 fully saturated rings. The van der Waals surface area contributed by atoms with E-state index in [1.54, 1.807) is 19.0 Å². The molecule has 0 aromatic carbocycles. The Morgan fingerprint density at radius 3 is 2.73 bits per heavy atom. The Balaban J connectivity index is 1.90. The summed E-state index contributed by atoms with van der Waals surface area (Å²) in [6.07, 6.45) is 3.58. The predicted octanol–water partition coefficient (Wildman–Crippen LogP) is 0.215. The van der Waals surface area contributed by atoms with Crippen LogP contribution in [0.3, 0.4) is 0 Å². The summed E-state index contributed by atoms with van der Waals surface area (Å²) in [5, 5.41) is 12.7. The minimum absolute atomic E-state index is 0.166. The molecule has 1 amide bonds. The Kier molecular flexibility index (Phi) is 5.05. The summed E-state index contributed by atoms with van der Waals surface area (Å²) in [6.45, 7) is 1.48. The van der Waals surface area contributed by atoms with Gasteiger partial charge in [0.2, 0.25) is 5.91 Å². The lowest BCUT2D eigenvalue weighted by atomic mass is 10.2. The van der Waals surface area contributed by atoms with Crippen molar-refractivity contribution in [3.8, 4) is 0 Å². The van der Waals surface area contributed by atoms with Crippen LogP contribution in [0.5, 0.6) is 0 Å². The third kappa shape index (κ3) is 5.14. The number of nitrogens with zero attached hydrogens (tertiary/aromatic N) is 1. The highest BCUT2D eigenvalue weighted by Crippen LogP contribution is 2.32. The molecule has 1 saturated carbocycles. The van der Waals surface area contributed by atoms with Crippen molar-refractivity contribution >= 4 is 5.91 Å². The predicted molar refractivity (Wildman–Crippen MR) is 59.5 cm³/mol. The maximum absolute atomic E-state index is 11.2. The molecule has 0 spiro atoms. The molecule has 88 valence electrons. The molecular formula is C11H22N2O2. The van der Waals surface area contributed by atoms with Gasteiger partial charge in [-0.3, -0.25) is 4.79 Å². The Morgan fingerprint density at radius 2 is 2.20 bits per heavy atom. The van der Waals surface area contributed by atoms with E-state index in [-0.39, 0.29) is 12.0 Å². The van der Waals surface area contributed by atoms with Crippen LogP contribution in [0.4, 0.5) is 0 Å². The molecule has 0 saturated heterocycles. The topological polar surface area (TPSA) is 52.6 Å². The van der Waals surface area contributed by atoms with Gasteiger partial charge < -0.3 is 15.3 Å². The average molecular weight is 214 g/mol. The lowest BCUT2D eigenvalue weighted by molar-refractivity contribution is -0.128. The van der Waals surface area contributed by atoms with Gasteiger partial charge in [-0.2, -0.15) is 0 Å². The molecule has 1 aliphatic rings. The SMILES string of the molecule is CN(C)C(=O)CCCNCC(O)C1CC1. The van der Waals surface area contributed by atoms with Crippen LogP contribution in [-0.2, 0) is 4.79 Å². The fourth-order valence-corrected chi connectivity index (χ4v) is 1.49. The molecule has 4 nitrogen and oxygen atoms in total. The molecule has 1 rings (SSSR count). The number of carbonyl (C=O) groups excluding carboxylic acids is 1. The van der Waals surface area contributed by atoms with E-state index in [1.807, 2.05) is 0 Å². The van der Waals surface area contributed by atoms with Crippen LogP contribution in [0.2, 0.25) is 0 Å². The van der Waals surface area contributed by atoms with E-state index in [1.165, 1.54) is 12.8 Å². The normalized spacial score (nSPS) is 17.5. The molecule has 0 aliphatic heterocycles. The molecule has 4 heteroatoms. The van der Waals surface area contributed by atoms with Gasteiger partial charge in [-0.05, 0) is 31.7 Å². The van der Waals surface area contributed by atoms with Crippen molar-refractivity contribution in [2.45, 2.75) is 31.8 Å². The number of carbonyl (C=O) groups is 1. The van der Waals surface area contributed by atoms with Crippen LogP contribution in [0.15, 0.2) is 0 Å². The van der Waals surface area contributed by atoms with Crippen molar-refractivity contribution in [1.82, 2.24) is 10.2 Å². The summed E-state index contributed by atoms with van der Waals surface area (Å²) in [7, 11) is 3.54. The first-order chi connectivity index (χ1) is 7.11. The van der Waals surface area contributed by atoms with Crippen LogP contribution in [0, 0.1) is 5.92 Å². The van der Waals surface area contributed by atoms with Gasteiger partial charge in [0, 0.05) is 27.1 Å². The lowest BCUT2D eigenvalue weighted by Crippen LogP contribution is -2.30. The minimum atomic E-state index is -0.186. The first-order valence-electron chi connectivity index (χ1n) is 5.70. The summed E-state index contributed by atoms with van der Waals surface area (Å²) >= 11 is 0. The van der Waals surface area contributed by atoms with Crippen LogP contribution in [0.25, 0.3) is 0 Å². The number of amides is 1. The van der Waals surface area contributed by atoms with Gasteiger partial charge >= 0.3 is 0 Å². The zero-order valence-corrected chi connectivity index (χ0v) is 9.70. The highest BCUT2D eigenvalue weighted by Gasteiger charge is 2.28. The van der Waals surface area contributed by atoms with E-state index in [4.69, 9.17) is 0 Å². The summed E-state index contributed by atoms with van der Waals surface area (Å²) < 4.78 is 0. The maximum Gasteiger partial charge on any atom is 0.222 e. The fraction of sp³-hybridized carbons (Fsp3) is 0.909. The highest BCUT2D eigenvalue weighted by molar-refractivity contribution is 5.75. The number of aliphatic hydroxyl groups excluding tert-OH is 1. The van der Waals surface area contributed by atoms with Crippen LogP contribution in [0.1, 0.15) is 25.7 Å². The smallest absolute Gasteiger partial charge is 0.222 e. The number of rotatable bonds is 7. The Bertz CT molecular complexity index is 203. The second-order valence-corrected chi connectivity index (χ2v) is 4.50. The van der Waals surface area contributed by atoms with Crippen molar-refractivity contribution in [1.29, 1.82) is 0 Å². The van der Waals surface area contributed by atoms with Crippen molar-refractivity contribution in [3.63, 3.8) is 0 Å². The number of hydrogen-bond donors (Lipinski definition) is 2. The number of hydrogen-bond acceptors (Lipinski definition) is 3. The second kappa shape index (κ2) is 6.08. The van der Waals surface area contributed by atoms with Gasteiger partial charge in [0.1, 0.15) is 0 Å². The third-order valence-electron chi connectivity index (χ3n) is 2.76. The molecule has 1 unspecified atom stereocenters. The molecule has 0 bridgehead atoms. The largest absolute Gasteiger partial charge is 0.392 e. The molecule has 0 radical (unpaired) electrons. The number of aliphatic hydroxyl groups is 1. The van der Waals surface area contributed by atoms with E-state index in [2.05, 4.69) is 5.32 Å². The van der Waals surface area contributed by atoms with E-state index in [0.29, 0.717) is 18.9 Å². The van der Waals surface area contributed by atoms with Gasteiger partial charge in [-0.1, -0.05) is 0 Å². The zero-order valence-electron chi connectivity index (χ0n) is 9.70. The molecule has 1 aliphatic carbocycles. The number of nitrogens with one attached hydrogen (secondary N) is 1. The molecule has 0 aromatic heterocycles. The maximum atomic E-state index is 11.2. The van der Waals surface area contributed by atoms with Crippen molar-refractivity contribution in [2.24, 2.45) is 5.92 Å². The van der Waals surface area contributed by atoms with Crippen molar-refractivity contribution in [3.05, 3.63) is 0 Å². The van der Waals surface area contributed by atoms with Gasteiger partial charge in [0.15, 0.2) is 0 Å². The summed E-state index contributed by atoms with van der Waals surface area (Å²) in [5.74, 6) is 0.695. The van der Waals surface area contributed by atoms with Crippen molar-refractivity contribution < 1.29 is 9.90 Å². The van der Waals surface area contributed by atoms with Gasteiger partial charge in [-0.15, -0.1) is 0 Å². The molecule has 0 heterocycles. The minimum Gasteiger partial charge on any atom is -0.392 e. The third-order valence-corrected chi connectivity index (χ3v) is 2.76. The van der Waals surface area contributed by atoms with Gasteiger partial charge in [-0.25, -0.2) is 0 Å². The van der Waals surface area contributed by atoms with E-state index in [9.17, 15) is 9.90 Å². The molecule has 0 aromatic rings. The molecule has 1 atom stereocenters. The first-order valence-corrected chi connectivity index (χ1v) is 5.70. The zero-order chi connectivity index (χ0) is 11.3. The summed E-state index contributed by atoms with van der Waals surface area (Å²) in [5.41, 5.74) is 0. The Morgan fingerprint density at radius 1 is 1.53 bits per heavy atom. The monoisotopic (exact) mass is 214 g/mol. The molecule has 15 heavy (non-hydrogen) atoms. The Labute approximate surface area is 91.6 Å². The van der Waals surface area contributed by atoms with Gasteiger partial charge in [0.25, 0.3) is 0 Å². The van der Waals surface area contributed by atoms with Crippen LogP contribution < -0.4 is 5.32 Å². The first kappa shape index (κ1) is 12.5. The standard InChI is InChI=1S/C11H22N2O2/c1-13(2)11(15)4-3-7-12-8-10(14)9-5-6-9/h9-10,12,14H,3-8H2,1-2H3. The van der Waals surface area contributed by atoms with Gasteiger partial charge in [0.05, 0.1) is 6.10 Å². The van der Waals surface area contributed by atoms with Crippen LogP contribution >= 0.6 is 0 Å². The van der Waals surface area contributed by atoms with Crippen LogP contribution in [-0.4, -0.2) is 49.2 Å². The second-order valence-electron chi connectivity index (χ2n) is 4.50. The lowest BCUT2D eigenvalue weighted by Gasteiger charge is -2.12. The van der Waals surface area contributed by atoms with E-state index in [0.717, 1.165) is 13.0 Å². The average Bonchev–Trinajstić information content (AvgIpc) is 2.99. The molecular weight excluding hydrogens is 192 g/mol. The fourth-order valence-electron chi connectivity index (χ4n) is 1.49.